The molecule has 0 saturated heterocycles. The van der Waals surface area contributed by atoms with E-state index in [4.69, 9.17) is 0 Å². The van der Waals surface area contributed by atoms with Crippen LogP contribution in [0.15, 0.2) is 40.6 Å². The van der Waals surface area contributed by atoms with Crippen LogP contribution in [0.25, 0.3) is 0 Å². The third-order valence-corrected chi connectivity index (χ3v) is 4.08. The quantitative estimate of drug-likeness (QED) is 0.846. The van der Waals surface area contributed by atoms with Crippen LogP contribution in [0.1, 0.15) is 46.5 Å². The normalized spacial score (nSPS) is 22.3. The van der Waals surface area contributed by atoms with Gasteiger partial charge < -0.3 is 5.32 Å². The van der Waals surface area contributed by atoms with E-state index < -0.39 is 0 Å². The zero-order valence-corrected chi connectivity index (χ0v) is 13.6. The van der Waals surface area contributed by atoms with Gasteiger partial charge in [0.05, 0.1) is 5.71 Å². The van der Waals surface area contributed by atoms with E-state index in [1.807, 2.05) is 25.2 Å². The van der Waals surface area contributed by atoms with Crippen LogP contribution in [-0.2, 0) is 9.59 Å². The summed E-state index contributed by atoms with van der Waals surface area (Å²) < 4.78 is 0. The Morgan fingerprint density at radius 3 is 2.59 bits per heavy atom. The first-order valence-corrected chi connectivity index (χ1v) is 8.06. The molecule has 1 aliphatic carbocycles. The first-order chi connectivity index (χ1) is 10.5. The average Bonchev–Trinajstić information content (AvgIpc) is 2.46. The minimum absolute atomic E-state index is 0.00889. The van der Waals surface area contributed by atoms with Crippen molar-refractivity contribution in [1.82, 2.24) is 5.32 Å². The molecule has 2 amide bonds. The van der Waals surface area contributed by atoms with Crippen LogP contribution in [0.2, 0.25) is 0 Å². The summed E-state index contributed by atoms with van der Waals surface area (Å²) in [5.74, 6) is -0.0627. The molecule has 0 radical (unpaired) electrons. The molecule has 0 spiro atoms. The topological polar surface area (TPSA) is 58.5 Å². The molecule has 1 unspecified atom stereocenters. The molecule has 0 fully saturated rings. The second kappa shape index (κ2) is 7.34. The molecule has 0 bridgehead atoms. The fourth-order valence-electron chi connectivity index (χ4n) is 2.96. The second-order valence-electron chi connectivity index (χ2n) is 5.96. The van der Waals surface area contributed by atoms with Crippen molar-refractivity contribution in [3.8, 4) is 0 Å². The third-order valence-electron chi connectivity index (χ3n) is 4.08. The number of fused-ring (bicyclic) bond motifs is 1. The lowest BCUT2D eigenvalue weighted by atomic mass is 9.88. The Labute approximate surface area is 132 Å². The highest BCUT2D eigenvalue weighted by atomic mass is 16.2. The summed E-state index contributed by atoms with van der Waals surface area (Å²) in [4.78, 5) is 28.2. The Morgan fingerprint density at radius 2 is 1.95 bits per heavy atom. The lowest BCUT2D eigenvalue weighted by Gasteiger charge is -2.25. The third kappa shape index (κ3) is 3.81. The lowest BCUT2D eigenvalue weighted by molar-refractivity contribution is -0.122. The number of carbonyl (C=O) groups is 2. The number of hydrogen-bond acceptors (Lipinski definition) is 2. The van der Waals surface area contributed by atoms with Crippen LogP contribution in [-0.4, -0.2) is 17.5 Å². The van der Waals surface area contributed by atoms with Gasteiger partial charge in [-0.3, -0.25) is 9.59 Å². The van der Waals surface area contributed by atoms with Crippen molar-refractivity contribution in [2.75, 3.05) is 0 Å². The van der Waals surface area contributed by atoms with Gasteiger partial charge in [0.1, 0.15) is 0 Å². The van der Waals surface area contributed by atoms with Gasteiger partial charge in [-0.05, 0) is 31.9 Å². The Hall–Kier alpha value is -1.97. The number of carbonyl (C=O) groups excluding carboxylic acids is 2. The summed E-state index contributed by atoms with van der Waals surface area (Å²) in [6.07, 6.45) is 11.0. The minimum atomic E-state index is -0.115. The number of rotatable bonds is 5. The number of allylic oxidation sites excluding steroid dienone is 3. The summed E-state index contributed by atoms with van der Waals surface area (Å²) in [5, 5.41) is 2.83. The summed E-state index contributed by atoms with van der Waals surface area (Å²) in [6.45, 7) is 6.11. The van der Waals surface area contributed by atoms with Crippen molar-refractivity contribution >= 4 is 17.5 Å². The molecule has 0 aromatic carbocycles. The SMILES string of the molecule is CCCC(CCC)C(=O)N=C1C=CC2C(C)=CC(=O)NC2=C1. The number of amides is 2. The number of hydrogen-bond donors (Lipinski definition) is 1. The fourth-order valence-corrected chi connectivity index (χ4v) is 2.96. The van der Waals surface area contributed by atoms with Crippen molar-refractivity contribution in [2.45, 2.75) is 46.5 Å². The Balaban J connectivity index is 2.17. The van der Waals surface area contributed by atoms with E-state index in [0.717, 1.165) is 37.0 Å². The van der Waals surface area contributed by atoms with E-state index in [9.17, 15) is 9.59 Å². The van der Waals surface area contributed by atoms with E-state index in [0.29, 0.717) is 5.71 Å². The van der Waals surface area contributed by atoms with Gasteiger partial charge in [0.15, 0.2) is 0 Å². The largest absolute Gasteiger partial charge is 0.325 e. The van der Waals surface area contributed by atoms with Gasteiger partial charge in [0.2, 0.25) is 11.8 Å². The molecule has 22 heavy (non-hydrogen) atoms. The smallest absolute Gasteiger partial charge is 0.249 e. The number of nitrogens with zero attached hydrogens (tertiary/aromatic N) is 1. The van der Waals surface area contributed by atoms with Gasteiger partial charge in [-0.1, -0.05) is 38.3 Å². The molecule has 0 aromatic heterocycles. The van der Waals surface area contributed by atoms with E-state index in [1.165, 1.54) is 0 Å². The van der Waals surface area contributed by atoms with Crippen molar-refractivity contribution in [2.24, 2.45) is 16.8 Å². The molecule has 118 valence electrons. The molecular formula is C18H24N2O2. The molecule has 4 nitrogen and oxygen atoms in total. The molecule has 1 aliphatic heterocycles. The molecule has 1 N–H and O–H groups in total. The molecule has 2 aliphatic rings. The zero-order valence-electron chi connectivity index (χ0n) is 13.6. The summed E-state index contributed by atoms with van der Waals surface area (Å²) in [5.41, 5.74) is 2.44. The van der Waals surface area contributed by atoms with E-state index in [1.54, 1.807) is 6.08 Å². The van der Waals surface area contributed by atoms with E-state index >= 15 is 0 Å². The maximum absolute atomic E-state index is 12.3. The second-order valence-corrected chi connectivity index (χ2v) is 5.96. The maximum atomic E-state index is 12.3. The van der Waals surface area contributed by atoms with Crippen molar-refractivity contribution in [3.05, 3.63) is 35.6 Å². The first-order valence-electron chi connectivity index (χ1n) is 8.06. The molecule has 0 aromatic rings. The molecule has 1 atom stereocenters. The Bertz CT molecular complexity index is 576. The molecule has 4 heteroatoms. The standard InChI is InChI=1S/C18H24N2O2/c1-4-6-13(7-5-2)18(22)19-14-8-9-15-12(3)10-17(21)20-16(15)11-14/h8-11,13,15H,4-7H2,1-3H3,(H,20,21). The Kier molecular flexibility index (Phi) is 5.47. The predicted octanol–water partition coefficient (Wildman–Crippen LogP) is 3.32. The van der Waals surface area contributed by atoms with E-state index in [2.05, 4.69) is 24.2 Å². The monoisotopic (exact) mass is 300 g/mol. The molecule has 1 heterocycles. The van der Waals surface area contributed by atoms with Crippen molar-refractivity contribution < 1.29 is 9.59 Å². The summed E-state index contributed by atoms with van der Waals surface area (Å²) in [7, 11) is 0. The lowest BCUT2D eigenvalue weighted by Crippen LogP contribution is -2.32. The predicted molar refractivity (Wildman–Crippen MR) is 88.4 cm³/mol. The van der Waals surface area contributed by atoms with Crippen LogP contribution in [0, 0.1) is 11.8 Å². The highest BCUT2D eigenvalue weighted by Gasteiger charge is 2.24. The maximum Gasteiger partial charge on any atom is 0.249 e. The van der Waals surface area contributed by atoms with Crippen molar-refractivity contribution in [1.29, 1.82) is 0 Å². The van der Waals surface area contributed by atoms with Crippen LogP contribution in [0.3, 0.4) is 0 Å². The number of aliphatic imine (C=N–C) groups is 1. The molecule has 2 rings (SSSR count). The summed E-state index contributed by atoms with van der Waals surface area (Å²) in [6, 6.07) is 0. The minimum Gasteiger partial charge on any atom is -0.325 e. The van der Waals surface area contributed by atoms with Gasteiger partial charge >= 0.3 is 0 Å². The molecule has 0 saturated carbocycles. The van der Waals surface area contributed by atoms with E-state index in [-0.39, 0.29) is 23.7 Å². The first kappa shape index (κ1) is 16.4. The van der Waals surface area contributed by atoms with Gasteiger partial charge in [-0.25, -0.2) is 4.99 Å². The highest BCUT2D eigenvalue weighted by molar-refractivity contribution is 6.11. The van der Waals surface area contributed by atoms with Gasteiger partial charge in [0, 0.05) is 23.6 Å². The van der Waals surface area contributed by atoms with Crippen LogP contribution in [0.5, 0.6) is 0 Å². The van der Waals surface area contributed by atoms with Gasteiger partial charge in [0.25, 0.3) is 0 Å². The van der Waals surface area contributed by atoms with Crippen LogP contribution in [0.4, 0.5) is 0 Å². The molecular weight excluding hydrogens is 276 g/mol. The van der Waals surface area contributed by atoms with Crippen molar-refractivity contribution in [3.63, 3.8) is 0 Å². The van der Waals surface area contributed by atoms with Gasteiger partial charge in [-0.2, -0.15) is 0 Å². The highest BCUT2D eigenvalue weighted by Crippen LogP contribution is 2.26. The average molecular weight is 300 g/mol. The summed E-state index contributed by atoms with van der Waals surface area (Å²) >= 11 is 0. The number of nitrogens with one attached hydrogen (secondary N) is 1. The van der Waals surface area contributed by atoms with Gasteiger partial charge in [-0.15, -0.1) is 0 Å². The van der Waals surface area contributed by atoms with Crippen LogP contribution >= 0.6 is 0 Å². The fraction of sp³-hybridized carbons (Fsp3) is 0.500. The zero-order chi connectivity index (χ0) is 16.1. The van der Waals surface area contributed by atoms with Crippen LogP contribution < -0.4 is 5.32 Å². The Morgan fingerprint density at radius 1 is 1.27 bits per heavy atom.